The lowest BCUT2D eigenvalue weighted by Crippen LogP contribution is -2.35. The van der Waals surface area contributed by atoms with Gasteiger partial charge in [-0.15, -0.1) is 6.58 Å². The van der Waals surface area contributed by atoms with Crippen LogP contribution < -0.4 is 5.32 Å². The number of methoxy groups -OCH3 is 1. The molecule has 1 atom stereocenters. The van der Waals surface area contributed by atoms with Crippen LogP contribution in [0.15, 0.2) is 43.0 Å². The smallest absolute Gasteiger partial charge is 0.131 e. The highest BCUT2D eigenvalue weighted by atomic mass is 32.1. The fourth-order valence-corrected chi connectivity index (χ4v) is 1.45. The summed E-state index contributed by atoms with van der Waals surface area (Å²) < 4.78 is 5.21. The molecule has 0 amide bonds. The van der Waals surface area contributed by atoms with Crippen LogP contribution in [-0.4, -0.2) is 18.3 Å². The van der Waals surface area contributed by atoms with Crippen molar-refractivity contribution < 1.29 is 4.74 Å². The zero-order valence-electron chi connectivity index (χ0n) is 8.77. The third kappa shape index (κ3) is 3.81. The van der Waals surface area contributed by atoms with Gasteiger partial charge in [0.1, 0.15) is 11.2 Å². The van der Waals surface area contributed by atoms with Crippen LogP contribution >= 0.6 is 12.2 Å². The van der Waals surface area contributed by atoms with E-state index >= 15 is 0 Å². The summed E-state index contributed by atoms with van der Waals surface area (Å²) >= 11 is 5.25. The third-order valence-electron chi connectivity index (χ3n) is 1.99. The van der Waals surface area contributed by atoms with E-state index in [2.05, 4.69) is 11.9 Å². The topological polar surface area (TPSA) is 21.3 Å². The number of hydrogen-bond donors (Lipinski definition) is 1. The molecule has 3 heteroatoms. The fraction of sp³-hybridized carbons (Fsp3) is 0.250. The molecule has 1 aromatic rings. The van der Waals surface area contributed by atoms with E-state index in [1.54, 1.807) is 13.2 Å². The minimum Gasteiger partial charge on any atom is -0.361 e. The molecule has 0 fully saturated rings. The van der Waals surface area contributed by atoms with Gasteiger partial charge in [-0.25, -0.2) is 0 Å². The summed E-state index contributed by atoms with van der Waals surface area (Å²) in [6, 6.07) is 9.81. The van der Waals surface area contributed by atoms with Crippen molar-refractivity contribution in [1.82, 2.24) is 5.32 Å². The largest absolute Gasteiger partial charge is 0.361 e. The minimum absolute atomic E-state index is 0.102. The molecular formula is C12H15NOS. The molecule has 0 radical (unpaired) electrons. The third-order valence-corrected chi connectivity index (χ3v) is 2.35. The van der Waals surface area contributed by atoms with Crippen LogP contribution in [0.3, 0.4) is 0 Å². The highest BCUT2D eigenvalue weighted by Crippen LogP contribution is 2.02. The zero-order chi connectivity index (χ0) is 11.1. The van der Waals surface area contributed by atoms with Gasteiger partial charge in [0.05, 0.1) is 0 Å². The minimum atomic E-state index is -0.102. The number of nitrogens with one attached hydrogen (secondary N) is 1. The fourth-order valence-electron chi connectivity index (χ4n) is 1.18. The van der Waals surface area contributed by atoms with Gasteiger partial charge in [-0.2, -0.15) is 0 Å². The summed E-state index contributed by atoms with van der Waals surface area (Å²) in [5.74, 6) is 0. The van der Waals surface area contributed by atoms with Crippen molar-refractivity contribution in [1.29, 1.82) is 0 Å². The first-order valence-corrected chi connectivity index (χ1v) is 5.18. The van der Waals surface area contributed by atoms with Crippen LogP contribution in [0.2, 0.25) is 0 Å². The number of rotatable bonds is 5. The summed E-state index contributed by atoms with van der Waals surface area (Å²) in [6.07, 6.45) is 2.42. The van der Waals surface area contributed by atoms with Crippen LogP contribution in [0.5, 0.6) is 0 Å². The number of benzene rings is 1. The van der Waals surface area contributed by atoms with E-state index < -0.39 is 0 Å². The lowest BCUT2D eigenvalue weighted by Gasteiger charge is -2.17. The number of hydrogen-bond acceptors (Lipinski definition) is 2. The molecular weight excluding hydrogens is 206 g/mol. The van der Waals surface area contributed by atoms with E-state index in [9.17, 15) is 0 Å². The van der Waals surface area contributed by atoms with E-state index in [0.717, 1.165) is 12.0 Å². The van der Waals surface area contributed by atoms with Crippen molar-refractivity contribution in [3.63, 3.8) is 0 Å². The molecule has 0 aromatic heterocycles. The van der Waals surface area contributed by atoms with Crippen molar-refractivity contribution in [2.45, 2.75) is 12.6 Å². The second-order valence-corrected chi connectivity index (χ2v) is 3.50. The highest BCUT2D eigenvalue weighted by Gasteiger charge is 2.07. The van der Waals surface area contributed by atoms with Gasteiger partial charge in [0.25, 0.3) is 0 Å². The predicted molar refractivity (Wildman–Crippen MR) is 66.9 cm³/mol. The monoisotopic (exact) mass is 221 g/mol. The summed E-state index contributed by atoms with van der Waals surface area (Å²) in [4.78, 5) is 0.698. The van der Waals surface area contributed by atoms with Gasteiger partial charge < -0.3 is 10.1 Å². The molecule has 0 saturated heterocycles. The first-order valence-electron chi connectivity index (χ1n) is 4.77. The van der Waals surface area contributed by atoms with Crippen molar-refractivity contribution in [2.24, 2.45) is 0 Å². The van der Waals surface area contributed by atoms with Crippen LogP contribution in [-0.2, 0) is 4.74 Å². The summed E-state index contributed by atoms with van der Waals surface area (Å²) in [5, 5.41) is 3.12. The second kappa shape index (κ2) is 6.32. The van der Waals surface area contributed by atoms with Gasteiger partial charge in [-0.1, -0.05) is 48.6 Å². The molecule has 2 nitrogen and oxygen atoms in total. The van der Waals surface area contributed by atoms with E-state index in [0.29, 0.717) is 4.99 Å². The second-order valence-electron chi connectivity index (χ2n) is 3.09. The van der Waals surface area contributed by atoms with Gasteiger partial charge >= 0.3 is 0 Å². The molecule has 1 aromatic carbocycles. The Balaban J connectivity index is 2.58. The Kier molecular flexibility index (Phi) is 5.01. The van der Waals surface area contributed by atoms with E-state index in [1.807, 2.05) is 30.3 Å². The van der Waals surface area contributed by atoms with Crippen molar-refractivity contribution >= 4 is 17.2 Å². The van der Waals surface area contributed by atoms with E-state index in [4.69, 9.17) is 17.0 Å². The van der Waals surface area contributed by atoms with Crippen molar-refractivity contribution in [2.75, 3.05) is 7.11 Å². The highest BCUT2D eigenvalue weighted by molar-refractivity contribution is 7.80. The van der Waals surface area contributed by atoms with Crippen LogP contribution in [0.25, 0.3) is 0 Å². The molecule has 0 saturated carbocycles. The standard InChI is InChI=1S/C12H15NOS/c1-3-7-11(14-2)13-12(15)10-8-5-4-6-9-10/h3-6,8-9,11H,1,7H2,2H3,(H,13,15). The van der Waals surface area contributed by atoms with Gasteiger partial charge in [0, 0.05) is 19.1 Å². The quantitative estimate of drug-likeness (QED) is 0.469. The molecule has 0 spiro atoms. The van der Waals surface area contributed by atoms with Crippen molar-refractivity contribution in [3.05, 3.63) is 48.6 Å². The van der Waals surface area contributed by atoms with Gasteiger partial charge in [-0.3, -0.25) is 0 Å². The molecule has 0 heterocycles. The van der Waals surface area contributed by atoms with E-state index in [-0.39, 0.29) is 6.23 Å². The molecule has 1 N–H and O–H groups in total. The normalized spacial score (nSPS) is 11.8. The first-order chi connectivity index (χ1) is 7.27. The molecule has 80 valence electrons. The molecule has 1 unspecified atom stereocenters. The zero-order valence-corrected chi connectivity index (χ0v) is 9.59. The molecule has 1 rings (SSSR count). The maximum Gasteiger partial charge on any atom is 0.131 e. The first kappa shape index (κ1) is 11.9. The summed E-state index contributed by atoms with van der Waals surface area (Å²) in [7, 11) is 1.65. The van der Waals surface area contributed by atoms with Gasteiger partial charge in [0.15, 0.2) is 0 Å². The lowest BCUT2D eigenvalue weighted by atomic mass is 10.2. The Labute approximate surface area is 96.0 Å². The molecule has 0 bridgehead atoms. The average Bonchev–Trinajstić information content (AvgIpc) is 2.29. The Morgan fingerprint density at radius 3 is 2.73 bits per heavy atom. The molecule has 0 aliphatic rings. The van der Waals surface area contributed by atoms with Gasteiger partial charge in [-0.05, 0) is 0 Å². The molecule has 0 aliphatic carbocycles. The van der Waals surface area contributed by atoms with Crippen molar-refractivity contribution in [3.8, 4) is 0 Å². The van der Waals surface area contributed by atoms with Crippen LogP contribution in [0.1, 0.15) is 12.0 Å². The summed E-state index contributed by atoms with van der Waals surface area (Å²) in [6.45, 7) is 3.67. The van der Waals surface area contributed by atoms with Crippen LogP contribution in [0, 0.1) is 0 Å². The average molecular weight is 221 g/mol. The number of thiocarbonyl (C=S) groups is 1. The summed E-state index contributed by atoms with van der Waals surface area (Å²) in [5.41, 5.74) is 0.999. The Bertz CT molecular complexity index is 324. The molecule has 0 aliphatic heterocycles. The Hall–Kier alpha value is -1.19. The van der Waals surface area contributed by atoms with Gasteiger partial charge in [0.2, 0.25) is 0 Å². The molecule has 15 heavy (non-hydrogen) atoms. The maximum absolute atomic E-state index is 5.25. The Morgan fingerprint density at radius 1 is 1.53 bits per heavy atom. The Morgan fingerprint density at radius 2 is 2.20 bits per heavy atom. The number of ether oxygens (including phenoxy) is 1. The van der Waals surface area contributed by atoms with Crippen LogP contribution in [0.4, 0.5) is 0 Å². The maximum atomic E-state index is 5.25. The van der Waals surface area contributed by atoms with E-state index in [1.165, 1.54) is 0 Å². The lowest BCUT2D eigenvalue weighted by molar-refractivity contribution is 0.0941. The predicted octanol–water partition coefficient (Wildman–Crippen LogP) is 2.50. The SMILES string of the molecule is C=CCC(NC(=S)c1ccccc1)OC.